The van der Waals surface area contributed by atoms with Gasteiger partial charge in [-0.25, -0.2) is 4.79 Å². The largest absolute Gasteiger partial charge is 0.508 e. The summed E-state index contributed by atoms with van der Waals surface area (Å²) in [5.74, 6) is -0.588. The number of hydrogen-bond acceptors (Lipinski definition) is 5. The Bertz CT molecular complexity index is 1060. The van der Waals surface area contributed by atoms with Gasteiger partial charge in [0, 0.05) is 5.39 Å². The Balaban J connectivity index is 1.80. The molecule has 3 rings (SSSR count). The Morgan fingerprint density at radius 1 is 0.933 bits per heavy atom. The normalized spacial score (nSPS) is 11.1. The molecule has 0 unspecified atom stereocenters. The molecule has 3 aromatic rings. The zero-order valence-corrected chi connectivity index (χ0v) is 16.7. The average Bonchev–Trinajstić information content (AvgIpc) is 2.71. The first kappa shape index (κ1) is 21.0. The summed E-state index contributed by atoms with van der Waals surface area (Å²) < 4.78 is 11.5. The third-order valence-electron chi connectivity index (χ3n) is 4.52. The van der Waals surface area contributed by atoms with Crippen LogP contribution in [0.25, 0.3) is 10.8 Å². The molecule has 0 saturated carbocycles. The number of aliphatic carboxylic acids is 1. The summed E-state index contributed by atoms with van der Waals surface area (Å²) in [6, 6.07) is 17.2. The zero-order chi connectivity index (χ0) is 21.7. The number of amides is 1. The molecule has 7 nitrogen and oxygen atoms in total. The number of carboxylic acids is 1. The molecule has 0 atom stereocenters. The summed E-state index contributed by atoms with van der Waals surface area (Å²) in [7, 11) is 0. The minimum atomic E-state index is -1.43. The molecule has 0 radical (unpaired) electrons. The number of rotatable bonds is 8. The first-order chi connectivity index (χ1) is 14.3. The maximum atomic E-state index is 12.8. The Kier molecular flexibility index (Phi) is 6.11. The Labute approximate surface area is 173 Å². The molecule has 1 amide bonds. The topological polar surface area (TPSA) is 105 Å². The van der Waals surface area contributed by atoms with Gasteiger partial charge in [-0.15, -0.1) is 0 Å². The van der Waals surface area contributed by atoms with Crippen molar-refractivity contribution in [2.45, 2.75) is 19.4 Å². The van der Waals surface area contributed by atoms with Crippen molar-refractivity contribution in [3.05, 3.63) is 66.2 Å². The minimum absolute atomic E-state index is 0.147. The highest BCUT2D eigenvalue weighted by molar-refractivity contribution is 6.05. The maximum Gasteiger partial charge on any atom is 0.328 e. The van der Waals surface area contributed by atoms with Crippen LogP contribution in [-0.4, -0.2) is 40.8 Å². The van der Waals surface area contributed by atoms with Crippen LogP contribution in [0.1, 0.15) is 24.2 Å². The van der Waals surface area contributed by atoms with E-state index >= 15 is 0 Å². The van der Waals surface area contributed by atoms with Crippen LogP contribution in [-0.2, 0) is 4.79 Å². The standard InChI is InChI=1S/C23H23NO6/c1-23(2,22(27)28)24-21(26)19-12-7-15-5-3-4-6-18(15)20(19)30-14-13-29-17-10-8-16(25)9-11-17/h3-12,25H,13-14H2,1-2H3,(H,24,26)(H,27,28). The van der Waals surface area contributed by atoms with E-state index in [-0.39, 0.29) is 24.5 Å². The first-order valence-electron chi connectivity index (χ1n) is 9.40. The van der Waals surface area contributed by atoms with Gasteiger partial charge in [0.05, 0.1) is 5.56 Å². The van der Waals surface area contributed by atoms with Gasteiger partial charge in [-0.3, -0.25) is 4.79 Å². The van der Waals surface area contributed by atoms with Crippen LogP contribution >= 0.6 is 0 Å². The third-order valence-corrected chi connectivity index (χ3v) is 4.52. The predicted molar refractivity (Wildman–Crippen MR) is 112 cm³/mol. The number of aromatic hydroxyl groups is 1. The highest BCUT2D eigenvalue weighted by Crippen LogP contribution is 2.30. The number of phenolic OH excluding ortho intramolecular Hbond substituents is 1. The van der Waals surface area contributed by atoms with Crippen LogP contribution in [0.2, 0.25) is 0 Å². The van der Waals surface area contributed by atoms with E-state index in [4.69, 9.17) is 9.47 Å². The van der Waals surface area contributed by atoms with Crippen LogP contribution in [0.3, 0.4) is 0 Å². The van der Waals surface area contributed by atoms with Crippen molar-refractivity contribution in [3.8, 4) is 17.2 Å². The van der Waals surface area contributed by atoms with Crippen molar-refractivity contribution in [1.82, 2.24) is 5.32 Å². The molecule has 0 aromatic heterocycles. The zero-order valence-electron chi connectivity index (χ0n) is 16.7. The molecule has 0 aliphatic rings. The molecule has 0 heterocycles. The second kappa shape index (κ2) is 8.73. The summed E-state index contributed by atoms with van der Waals surface area (Å²) in [5, 5.41) is 22.8. The van der Waals surface area contributed by atoms with Crippen LogP contribution in [0, 0.1) is 0 Å². The summed E-state index contributed by atoms with van der Waals surface area (Å²) >= 11 is 0. The molecule has 7 heteroatoms. The quantitative estimate of drug-likeness (QED) is 0.491. The molecule has 0 aliphatic heterocycles. The number of nitrogens with one attached hydrogen (secondary N) is 1. The Hall–Kier alpha value is -3.74. The number of phenols is 1. The number of carboxylic acid groups (broad SMARTS) is 1. The second-order valence-electron chi connectivity index (χ2n) is 7.24. The van der Waals surface area contributed by atoms with Gasteiger partial charge in [-0.1, -0.05) is 30.3 Å². The molecule has 0 aliphatic carbocycles. The van der Waals surface area contributed by atoms with Crippen LogP contribution in [0.4, 0.5) is 0 Å². The highest BCUT2D eigenvalue weighted by Gasteiger charge is 2.30. The molecular formula is C23H23NO6. The van der Waals surface area contributed by atoms with Crippen molar-refractivity contribution >= 4 is 22.6 Å². The van der Waals surface area contributed by atoms with Crippen LogP contribution in [0.15, 0.2) is 60.7 Å². The van der Waals surface area contributed by atoms with Crippen molar-refractivity contribution < 1.29 is 29.3 Å². The van der Waals surface area contributed by atoms with Crippen molar-refractivity contribution in [2.75, 3.05) is 13.2 Å². The Morgan fingerprint density at radius 2 is 1.60 bits per heavy atom. The predicted octanol–water partition coefficient (Wildman–Crippen LogP) is 3.60. The number of carbonyl (C=O) groups is 2. The van der Waals surface area contributed by atoms with Crippen LogP contribution < -0.4 is 14.8 Å². The lowest BCUT2D eigenvalue weighted by Gasteiger charge is -2.22. The van der Waals surface area contributed by atoms with E-state index < -0.39 is 17.4 Å². The molecule has 0 saturated heterocycles. The monoisotopic (exact) mass is 409 g/mol. The van der Waals surface area contributed by atoms with Gasteiger partial charge in [0.25, 0.3) is 5.91 Å². The van der Waals surface area contributed by atoms with E-state index in [9.17, 15) is 19.8 Å². The average molecular weight is 409 g/mol. The minimum Gasteiger partial charge on any atom is -0.508 e. The van der Waals surface area contributed by atoms with E-state index in [0.29, 0.717) is 11.5 Å². The van der Waals surface area contributed by atoms with E-state index in [0.717, 1.165) is 10.8 Å². The van der Waals surface area contributed by atoms with Gasteiger partial charge in [0.15, 0.2) is 0 Å². The lowest BCUT2D eigenvalue weighted by atomic mass is 10.0. The molecule has 0 spiro atoms. The fourth-order valence-corrected chi connectivity index (χ4v) is 2.83. The Morgan fingerprint density at radius 3 is 2.30 bits per heavy atom. The lowest BCUT2D eigenvalue weighted by Crippen LogP contribution is -2.49. The third kappa shape index (κ3) is 4.81. The SMILES string of the molecule is CC(C)(NC(=O)c1ccc2ccccc2c1OCCOc1ccc(O)cc1)C(=O)O. The van der Waals surface area contributed by atoms with E-state index in [1.165, 1.54) is 26.0 Å². The van der Waals surface area contributed by atoms with E-state index in [1.54, 1.807) is 24.3 Å². The molecule has 0 bridgehead atoms. The second-order valence-corrected chi connectivity index (χ2v) is 7.24. The van der Waals surface area contributed by atoms with Gasteiger partial charge < -0.3 is 25.0 Å². The van der Waals surface area contributed by atoms with E-state index in [1.807, 2.05) is 24.3 Å². The molecule has 156 valence electrons. The number of carbonyl (C=O) groups excluding carboxylic acids is 1. The fraction of sp³-hybridized carbons (Fsp3) is 0.217. The van der Waals surface area contributed by atoms with E-state index in [2.05, 4.69) is 5.32 Å². The molecule has 3 aromatic carbocycles. The van der Waals surface area contributed by atoms with Crippen LogP contribution in [0.5, 0.6) is 17.2 Å². The molecule has 3 N–H and O–H groups in total. The van der Waals surface area contributed by atoms with Gasteiger partial charge >= 0.3 is 5.97 Å². The summed E-state index contributed by atoms with van der Waals surface area (Å²) in [4.78, 5) is 24.2. The van der Waals surface area contributed by atoms with Gasteiger partial charge in [-0.05, 0) is 49.6 Å². The number of fused-ring (bicyclic) bond motifs is 1. The maximum absolute atomic E-state index is 12.8. The number of ether oxygens (including phenoxy) is 2. The van der Waals surface area contributed by atoms with Gasteiger partial charge in [0.2, 0.25) is 0 Å². The molecule has 0 fully saturated rings. The summed E-state index contributed by atoms with van der Waals surface area (Å²) in [5.41, 5.74) is -1.19. The lowest BCUT2D eigenvalue weighted by molar-refractivity contribution is -0.143. The number of benzene rings is 3. The van der Waals surface area contributed by atoms with Gasteiger partial charge in [0.1, 0.15) is 36.0 Å². The molecular weight excluding hydrogens is 386 g/mol. The van der Waals surface area contributed by atoms with Gasteiger partial charge in [-0.2, -0.15) is 0 Å². The molecule has 30 heavy (non-hydrogen) atoms. The summed E-state index contributed by atoms with van der Waals surface area (Å²) in [6.07, 6.45) is 0. The summed E-state index contributed by atoms with van der Waals surface area (Å²) in [6.45, 7) is 3.22. The van der Waals surface area contributed by atoms with Crippen molar-refractivity contribution in [3.63, 3.8) is 0 Å². The smallest absolute Gasteiger partial charge is 0.328 e. The highest BCUT2D eigenvalue weighted by atomic mass is 16.5. The van der Waals surface area contributed by atoms with Crippen molar-refractivity contribution in [1.29, 1.82) is 0 Å². The number of hydrogen-bond donors (Lipinski definition) is 3. The van der Waals surface area contributed by atoms with Crippen molar-refractivity contribution in [2.24, 2.45) is 0 Å². The first-order valence-corrected chi connectivity index (χ1v) is 9.40. The fourth-order valence-electron chi connectivity index (χ4n) is 2.83.